The molecule has 0 aliphatic rings. The van der Waals surface area contributed by atoms with Crippen LogP contribution in [0.3, 0.4) is 0 Å². The highest BCUT2D eigenvalue weighted by molar-refractivity contribution is 7.80. The number of hydrogen-bond donors (Lipinski definition) is 1. The van der Waals surface area contributed by atoms with Crippen molar-refractivity contribution in [2.75, 3.05) is 5.75 Å². The van der Waals surface area contributed by atoms with Crippen molar-refractivity contribution in [3.8, 4) is 0 Å². The van der Waals surface area contributed by atoms with E-state index in [4.69, 9.17) is 12.6 Å². The largest absolute Gasteiger partial charge is 0.365 e. The van der Waals surface area contributed by atoms with Crippen LogP contribution in [-0.4, -0.2) is 10.7 Å². The average molecular weight is 126 g/mol. The molecule has 2 heteroatoms. The Balaban J connectivity index is 2.50. The molecule has 0 spiro atoms. The molecule has 1 nitrogen and oxygen atoms in total. The Bertz CT molecular complexity index is 134. The van der Waals surface area contributed by atoms with Crippen molar-refractivity contribution >= 4 is 12.6 Å². The van der Waals surface area contributed by atoms with Gasteiger partial charge < -0.3 is 4.98 Å². The molecule has 0 saturated heterocycles. The van der Waals surface area contributed by atoms with E-state index in [1.165, 1.54) is 5.69 Å². The first-order chi connectivity index (χ1) is 3.93. The summed E-state index contributed by atoms with van der Waals surface area (Å²) in [5.41, 5.74) is 1.24. The summed E-state index contributed by atoms with van der Waals surface area (Å²) < 4.78 is 0. The third-order valence-electron chi connectivity index (χ3n) is 1.03. The van der Waals surface area contributed by atoms with Crippen LogP contribution in [0.25, 0.3) is 0 Å². The third kappa shape index (κ3) is 1.30. The quantitative estimate of drug-likeness (QED) is 0.621. The van der Waals surface area contributed by atoms with Crippen LogP contribution in [0.5, 0.6) is 0 Å². The maximum Gasteiger partial charge on any atom is 0.0155 e. The van der Waals surface area contributed by atoms with Gasteiger partial charge in [-0.2, -0.15) is 0 Å². The molecule has 1 aromatic rings. The van der Waals surface area contributed by atoms with Crippen LogP contribution in [0.4, 0.5) is 0 Å². The van der Waals surface area contributed by atoms with Crippen molar-refractivity contribution in [1.82, 2.24) is 4.98 Å². The minimum atomic E-state index is 0.806. The van der Waals surface area contributed by atoms with E-state index in [2.05, 4.69) is 4.98 Å². The second kappa shape index (κ2) is 2.82. The zero-order valence-corrected chi connectivity index (χ0v) is 5.37. The predicted octanol–water partition coefficient (Wildman–Crippen LogP) is 1.75. The molecule has 0 aliphatic carbocycles. The van der Waals surface area contributed by atoms with Gasteiger partial charge in [0.1, 0.15) is 0 Å². The molecule has 1 aromatic heterocycles. The van der Waals surface area contributed by atoms with Gasteiger partial charge in [-0.05, 0) is 18.6 Å². The van der Waals surface area contributed by atoms with Crippen molar-refractivity contribution < 1.29 is 0 Å². The molecular weight excluding hydrogens is 118 g/mol. The second-order valence-corrected chi connectivity index (χ2v) is 2.06. The fraction of sp³-hybridized carbons (Fsp3) is 0.333. The summed E-state index contributed by atoms with van der Waals surface area (Å²) in [6.45, 7) is 0. The van der Waals surface area contributed by atoms with Crippen LogP contribution in [0.15, 0.2) is 18.3 Å². The smallest absolute Gasteiger partial charge is 0.0155 e. The topological polar surface area (TPSA) is 15.8 Å². The van der Waals surface area contributed by atoms with E-state index in [-0.39, 0.29) is 0 Å². The molecule has 1 heterocycles. The second-order valence-electron chi connectivity index (χ2n) is 1.65. The first-order valence-corrected chi connectivity index (χ1v) is 3.21. The lowest BCUT2D eigenvalue weighted by Crippen LogP contribution is -1.83. The maximum absolute atomic E-state index is 4.78. The van der Waals surface area contributed by atoms with E-state index in [1.807, 2.05) is 18.3 Å². The van der Waals surface area contributed by atoms with Crippen molar-refractivity contribution in [3.63, 3.8) is 0 Å². The van der Waals surface area contributed by atoms with Gasteiger partial charge in [0.15, 0.2) is 0 Å². The lowest BCUT2D eigenvalue weighted by Gasteiger charge is -1.86. The van der Waals surface area contributed by atoms with Gasteiger partial charge in [-0.25, -0.2) is 0 Å². The monoisotopic (exact) mass is 126 g/mol. The van der Waals surface area contributed by atoms with Crippen LogP contribution in [0.1, 0.15) is 5.69 Å². The van der Waals surface area contributed by atoms with Gasteiger partial charge in [0, 0.05) is 17.6 Å². The van der Waals surface area contributed by atoms with Gasteiger partial charge in [0.25, 0.3) is 0 Å². The van der Waals surface area contributed by atoms with Gasteiger partial charge in [-0.15, -0.1) is 0 Å². The Morgan fingerprint density at radius 1 is 1.62 bits per heavy atom. The number of aryl methyl sites for hydroxylation is 1. The fourth-order valence-corrected chi connectivity index (χ4v) is 0.853. The SMILES string of the molecule is [S]CCc1ccc[nH]1. The summed E-state index contributed by atoms with van der Waals surface area (Å²) >= 11 is 4.78. The normalized spacial score (nSPS) is 9.62. The molecule has 1 radical (unpaired) electrons. The van der Waals surface area contributed by atoms with Crippen molar-refractivity contribution in [2.24, 2.45) is 0 Å². The van der Waals surface area contributed by atoms with Crippen molar-refractivity contribution in [2.45, 2.75) is 6.42 Å². The lowest BCUT2D eigenvalue weighted by atomic mass is 10.3. The Kier molecular flexibility index (Phi) is 2.03. The summed E-state index contributed by atoms with van der Waals surface area (Å²) in [7, 11) is 0. The molecular formula is C6H8NS. The highest BCUT2D eigenvalue weighted by Gasteiger charge is 1.86. The minimum absolute atomic E-state index is 0.806. The van der Waals surface area contributed by atoms with E-state index in [0.29, 0.717) is 0 Å². The first-order valence-electron chi connectivity index (χ1n) is 2.64. The summed E-state index contributed by atoms with van der Waals surface area (Å²) in [4.78, 5) is 3.07. The minimum Gasteiger partial charge on any atom is -0.365 e. The number of rotatable bonds is 2. The van der Waals surface area contributed by atoms with Gasteiger partial charge in [-0.1, -0.05) is 12.6 Å². The van der Waals surface area contributed by atoms with Crippen LogP contribution in [0.2, 0.25) is 0 Å². The van der Waals surface area contributed by atoms with Crippen molar-refractivity contribution in [1.29, 1.82) is 0 Å². The molecule has 0 amide bonds. The molecule has 1 rings (SSSR count). The van der Waals surface area contributed by atoms with Gasteiger partial charge in [0.05, 0.1) is 0 Å². The van der Waals surface area contributed by atoms with Gasteiger partial charge in [-0.3, -0.25) is 0 Å². The van der Waals surface area contributed by atoms with E-state index >= 15 is 0 Å². The van der Waals surface area contributed by atoms with Crippen LogP contribution < -0.4 is 0 Å². The Labute approximate surface area is 54.5 Å². The van der Waals surface area contributed by atoms with Gasteiger partial charge in [0.2, 0.25) is 0 Å². The molecule has 0 bridgehead atoms. The molecule has 8 heavy (non-hydrogen) atoms. The summed E-state index contributed by atoms with van der Waals surface area (Å²) in [5.74, 6) is 0.806. The summed E-state index contributed by atoms with van der Waals surface area (Å²) in [5, 5.41) is 0. The fourth-order valence-electron chi connectivity index (χ4n) is 0.633. The standard InChI is InChI=1S/C6H8NS/c8-5-3-6-2-1-4-7-6/h1-2,4,7H,3,5H2. The molecule has 0 fully saturated rings. The molecule has 0 unspecified atom stereocenters. The van der Waals surface area contributed by atoms with Crippen LogP contribution in [0, 0.1) is 0 Å². The number of aromatic amines is 1. The Morgan fingerprint density at radius 3 is 3.00 bits per heavy atom. The van der Waals surface area contributed by atoms with E-state index < -0.39 is 0 Å². The van der Waals surface area contributed by atoms with Crippen LogP contribution in [-0.2, 0) is 6.42 Å². The lowest BCUT2D eigenvalue weighted by molar-refractivity contribution is 1.08. The van der Waals surface area contributed by atoms with Crippen LogP contribution >= 0.6 is 12.6 Å². The zero-order valence-electron chi connectivity index (χ0n) is 4.55. The zero-order chi connectivity index (χ0) is 5.82. The number of nitrogens with one attached hydrogen (secondary N) is 1. The average Bonchev–Trinajstić information content (AvgIpc) is 2.19. The third-order valence-corrected chi connectivity index (χ3v) is 1.24. The number of aromatic nitrogens is 1. The molecule has 0 saturated carbocycles. The number of H-pyrrole nitrogens is 1. The Hall–Kier alpha value is -0.370. The molecule has 0 aliphatic heterocycles. The Morgan fingerprint density at radius 2 is 2.50 bits per heavy atom. The van der Waals surface area contributed by atoms with Gasteiger partial charge >= 0.3 is 0 Å². The predicted molar refractivity (Wildman–Crippen MR) is 37.0 cm³/mol. The first kappa shape index (κ1) is 5.76. The maximum atomic E-state index is 4.78. The van der Waals surface area contributed by atoms with E-state index in [1.54, 1.807) is 0 Å². The highest BCUT2D eigenvalue weighted by Crippen LogP contribution is 1.95. The van der Waals surface area contributed by atoms with Crippen molar-refractivity contribution in [3.05, 3.63) is 24.0 Å². The molecule has 0 atom stereocenters. The van der Waals surface area contributed by atoms with E-state index in [0.717, 1.165) is 12.2 Å². The highest BCUT2D eigenvalue weighted by atomic mass is 32.1. The molecule has 0 aromatic carbocycles. The summed E-state index contributed by atoms with van der Waals surface area (Å²) in [6.07, 6.45) is 2.91. The summed E-state index contributed by atoms with van der Waals surface area (Å²) in [6, 6.07) is 4.03. The van der Waals surface area contributed by atoms with E-state index in [9.17, 15) is 0 Å². The molecule has 43 valence electrons. The number of hydrogen-bond acceptors (Lipinski definition) is 0. The molecule has 1 N–H and O–H groups in total.